The van der Waals surface area contributed by atoms with Crippen LogP contribution in [0.3, 0.4) is 0 Å². The summed E-state index contributed by atoms with van der Waals surface area (Å²) in [5.41, 5.74) is 1.27. The first-order valence-corrected chi connectivity index (χ1v) is 12.9. The average Bonchev–Trinajstić information content (AvgIpc) is 3.58. The van der Waals surface area contributed by atoms with E-state index in [4.69, 9.17) is 14.5 Å². The predicted molar refractivity (Wildman–Crippen MR) is 143 cm³/mol. The molecule has 1 saturated carbocycles. The summed E-state index contributed by atoms with van der Waals surface area (Å²) >= 11 is 0. The number of ether oxygens (including phenoxy) is 2. The third kappa shape index (κ3) is 5.95. The van der Waals surface area contributed by atoms with Gasteiger partial charge in [-0.15, -0.1) is 0 Å². The molecular weight excluding hydrogens is 472 g/mol. The first kappa shape index (κ1) is 26.7. The third-order valence-corrected chi connectivity index (χ3v) is 7.34. The zero-order chi connectivity index (χ0) is 26.6. The van der Waals surface area contributed by atoms with Crippen LogP contribution in [0.15, 0.2) is 24.4 Å². The van der Waals surface area contributed by atoms with Crippen molar-refractivity contribution < 1.29 is 19.1 Å². The molecule has 1 atom stereocenters. The van der Waals surface area contributed by atoms with E-state index in [2.05, 4.69) is 29.5 Å². The lowest BCUT2D eigenvalue weighted by atomic mass is 9.96. The number of carbonyl (C=O) groups is 2. The van der Waals surface area contributed by atoms with Gasteiger partial charge in [0.25, 0.3) is 0 Å². The van der Waals surface area contributed by atoms with Crippen molar-refractivity contribution in [3.63, 3.8) is 0 Å². The fourth-order valence-electron chi connectivity index (χ4n) is 4.84. The Labute approximate surface area is 218 Å². The Hall–Kier alpha value is -3.40. The Bertz CT molecular complexity index is 1120. The molecule has 2 N–H and O–H groups in total. The summed E-state index contributed by atoms with van der Waals surface area (Å²) in [6.45, 7) is 6.26. The van der Waals surface area contributed by atoms with Gasteiger partial charge in [0.15, 0.2) is 11.5 Å². The number of anilines is 3. The molecule has 2 amide bonds. The van der Waals surface area contributed by atoms with Crippen LogP contribution in [-0.4, -0.2) is 73.6 Å². The van der Waals surface area contributed by atoms with Crippen LogP contribution in [0.25, 0.3) is 0 Å². The molecule has 200 valence electrons. The van der Waals surface area contributed by atoms with Gasteiger partial charge in [-0.1, -0.05) is 13.8 Å². The van der Waals surface area contributed by atoms with E-state index in [1.807, 2.05) is 37.2 Å². The summed E-state index contributed by atoms with van der Waals surface area (Å²) in [7, 11) is 5.59. The SMILES string of the molecule is COc1cc(Nc2ncc(CC3CCNC3=O)c(N(C=O)C3(C(C)C)CC3)n2)ccc1OCCN(C)C. The van der Waals surface area contributed by atoms with Crippen LogP contribution >= 0.6 is 0 Å². The van der Waals surface area contributed by atoms with Crippen molar-refractivity contribution in [2.75, 3.05) is 51.1 Å². The van der Waals surface area contributed by atoms with Gasteiger partial charge in [-0.25, -0.2) is 4.98 Å². The lowest BCUT2D eigenvalue weighted by molar-refractivity contribution is -0.122. The minimum absolute atomic E-state index is 0.0378. The maximum Gasteiger partial charge on any atom is 0.229 e. The van der Waals surface area contributed by atoms with Crippen molar-refractivity contribution in [3.8, 4) is 11.5 Å². The van der Waals surface area contributed by atoms with Gasteiger partial charge in [-0.3, -0.25) is 14.5 Å². The zero-order valence-electron chi connectivity index (χ0n) is 22.4. The van der Waals surface area contributed by atoms with Crippen LogP contribution in [0, 0.1) is 11.8 Å². The molecule has 1 saturated heterocycles. The van der Waals surface area contributed by atoms with E-state index in [1.165, 1.54) is 0 Å². The maximum atomic E-state index is 12.4. The van der Waals surface area contributed by atoms with E-state index < -0.39 is 0 Å². The topological polar surface area (TPSA) is 109 Å². The van der Waals surface area contributed by atoms with Crippen molar-refractivity contribution in [1.29, 1.82) is 0 Å². The van der Waals surface area contributed by atoms with Gasteiger partial charge in [-0.2, -0.15) is 4.98 Å². The fourth-order valence-corrected chi connectivity index (χ4v) is 4.84. The second-order valence-corrected chi connectivity index (χ2v) is 10.4. The van der Waals surface area contributed by atoms with E-state index >= 15 is 0 Å². The predicted octanol–water partition coefficient (Wildman–Crippen LogP) is 3.00. The molecule has 1 aromatic heterocycles. The van der Waals surface area contributed by atoms with Crippen LogP contribution in [0.4, 0.5) is 17.5 Å². The van der Waals surface area contributed by atoms with Gasteiger partial charge in [0.2, 0.25) is 18.3 Å². The minimum Gasteiger partial charge on any atom is -0.493 e. The molecule has 37 heavy (non-hydrogen) atoms. The highest BCUT2D eigenvalue weighted by Gasteiger charge is 2.52. The number of aromatic nitrogens is 2. The summed E-state index contributed by atoms with van der Waals surface area (Å²) in [5.74, 6) is 2.35. The lowest BCUT2D eigenvalue weighted by Gasteiger charge is -2.32. The Morgan fingerprint density at radius 3 is 2.65 bits per heavy atom. The first-order valence-electron chi connectivity index (χ1n) is 12.9. The second kappa shape index (κ2) is 11.3. The molecule has 0 bridgehead atoms. The molecular formula is C27H38N6O4. The molecule has 2 aliphatic rings. The molecule has 1 unspecified atom stereocenters. The highest BCUT2D eigenvalue weighted by molar-refractivity contribution is 5.82. The summed E-state index contributed by atoms with van der Waals surface area (Å²) < 4.78 is 11.4. The van der Waals surface area contributed by atoms with Crippen molar-refractivity contribution in [3.05, 3.63) is 30.0 Å². The molecule has 2 fully saturated rings. The molecule has 2 aromatic rings. The molecule has 2 heterocycles. The van der Waals surface area contributed by atoms with Crippen LogP contribution in [0.2, 0.25) is 0 Å². The number of hydrogen-bond donors (Lipinski definition) is 2. The molecule has 0 spiro atoms. The van der Waals surface area contributed by atoms with Crippen molar-refractivity contribution in [2.45, 2.75) is 45.1 Å². The molecule has 1 aromatic carbocycles. The van der Waals surface area contributed by atoms with E-state index in [9.17, 15) is 9.59 Å². The summed E-state index contributed by atoms with van der Waals surface area (Å²) in [5, 5.41) is 6.13. The normalized spacial score (nSPS) is 18.0. The molecule has 1 aliphatic heterocycles. The summed E-state index contributed by atoms with van der Waals surface area (Å²) in [4.78, 5) is 37.8. The number of amides is 2. The lowest BCUT2D eigenvalue weighted by Crippen LogP contribution is -2.42. The first-order chi connectivity index (χ1) is 17.8. The number of methoxy groups -OCH3 is 1. The molecule has 0 radical (unpaired) electrons. The average molecular weight is 511 g/mol. The molecule has 10 nitrogen and oxygen atoms in total. The van der Waals surface area contributed by atoms with E-state index in [0.29, 0.717) is 42.8 Å². The molecule has 1 aliphatic carbocycles. The number of likely N-dealkylation sites (N-methyl/N-ethyl adjacent to an activating group) is 1. The smallest absolute Gasteiger partial charge is 0.229 e. The standard InChI is InChI=1S/C27H38N6O4/c1-18(2)27(9-10-27)33(17-34)24-20(14-19-8-11-28-25(19)35)16-29-26(31-24)30-21-6-7-22(23(15-21)36-5)37-13-12-32(3)4/h6-7,15-19H,8-14H2,1-5H3,(H,28,35)(H,29,30,31). The third-order valence-electron chi connectivity index (χ3n) is 7.34. The summed E-state index contributed by atoms with van der Waals surface area (Å²) in [6, 6.07) is 5.56. The molecule has 10 heteroatoms. The number of nitrogens with zero attached hydrogens (tertiary/aromatic N) is 4. The quantitative estimate of drug-likeness (QED) is 0.396. The van der Waals surface area contributed by atoms with Crippen LogP contribution in [0.5, 0.6) is 11.5 Å². The van der Waals surface area contributed by atoms with E-state index in [1.54, 1.807) is 18.2 Å². The zero-order valence-corrected chi connectivity index (χ0v) is 22.4. The number of hydrogen-bond acceptors (Lipinski definition) is 8. The van der Waals surface area contributed by atoms with Gasteiger partial charge in [0.05, 0.1) is 12.6 Å². The van der Waals surface area contributed by atoms with Crippen LogP contribution < -0.4 is 25.0 Å². The Morgan fingerprint density at radius 2 is 2.05 bits per heavy atom. The number of rotatable bonds is 13. The molecule has 4 rings (SSSR count). The Kier molecular flexibility index (Phi) is 8.16. The van der Waals surface area contributed by atoms with Gasteiger partial charge >= 0.3 is 0 Å². The highest BCUT2D eigenvalue weighted by Crippen LogP contribution is 2.49. The monoisotopic (exact) mass is 510 g/mol. The maximum absolute atomic E-state index is 12.4. The van der Waals surface area contributed by atoms with Gasteiger partial charge in [0.1, 0.15) is 12.4 Å². The van der Waals surface area contributed by atoms with Gasteiger partial charge in [-0.05, 0) is 57.8 Å². The van der Waals surface area contributed by atoms with Gasteiger partial charge in [0, 0.05) is 42.5 Å². The van der Waals surface area contributed by atoms with Crippen LogP contribution in [-0.2, 0) is 16.0 Å². The Morgan fingerprint density at radius 1 is 1.27 bits per heavy atom. The number of carbonyl (C=O) groups excluding carboxylic acids is 2. The second-order valence-electron chi connectivity index (χ2n) is 10.4. The van der Waals surface area contributed by atoms with Gasteiger partial charge < -0.3 is 25.0 Å². The fraction of sp³-hybridized carbons (Fsp3) is 0.556. The Balaban J connectivity index is 1.61. The van der Waals surface area contributed by atoms with Crippen molar-refractivity contribution >= 4 is 29.8 Å². The van der Waals surface area contributed by atoms with Crippen LogP contribution in [0.1, 0.15) is 38.7 Å². The van der Waals surface area contributed by atoms with Crippen molar-refractivity contribution in [2.24, 2.45) is 11.8 Å². The largest absolute Gasteiger partial charge is 0.493 e. The number of nitrogens with one attached hydrogen (secondary N) is 2. The van der Waals surface area contributed by atoms with Crippen molar-refractivity contribution in [1.82, 2.24) is 20.2 Å². The summed E-state index contributed by atoms with van der Waals surface area (Å²) in [6.07, 6.45) is 5.71. The van der Waals surface area contributed by atoms with E-state index in [-0.39, 0.29) is 23.3 Å². The minimum atomic E-state index is -0.255. The van der Waals surface area contributed by atoms with E-state index in [0.717, 1.165) is 43.5 Å². The highest BCUT2D eigenvalue weighted by atomic mass is 16.5. The number of benzene rings is 1.